The van der Waals surface area contributed by atoms with Gasteiger partial charge >= 0.3 is 0 Å². The topological polar surface area (TPSA) is 102 Å². The number of nitrogens with zero attached hydrogens (tertiary/aromatic N) is 3. The highest BCUT2D eigenvalue weighted by Gasteiger charge is 2.35. The van der Waals surface area contributed by atoms with Gasteiger partial charge in [0.05, 0.1) is 5.71 Å². The third kappa shape index (κ3) is 4.15. The molecule has 2 aliphatic rings. The van der Waals surface area contributed by atoms with Gasteiger partial charge in [-0.15, -0.1) is 0 Å². The van der Waals surface area contributed by atoms with Gasteiger partial charge < -0.3 is 15.8 Å². The summed E-state index contributed by atoms with van der Waals surface area (Å²) in [6.07, 6.45) is 6.00. The average Bonchev–Trinajstić information content (AvgIpc) is 2.72. The molecule has 7 nitrogen and oxygen atoms in total. The summed E-state index contributed by atoms with van der Waals surface area (Å²) >= 11 is 0. The normalized spacial score (nSPS) is 22.4. The maximum absolute atomic E-state index is 11.1. The van der Waals surface area contributed by atoms with Crippen LogP contribution < -0.4 is 15.8 Å². The summed E-state index contributed by atoms with van der Waals surface area (Å²) < 4.78 is 6.07. The second-order valence-electron chi connectivity index (χ2n) is 8.76. The molecule has 1 fully saturated rings. The van der Waals surface area contributed by atoms with Gasteiger partial charge in [0.25, 0.3) is 0 Å². The summed E-state index contributed by atoms with van der Waals surface area (Å²) in [6, 6.07) is 8.64. The Kier molecular flexibility index (Phi) is 5.45. The van der Waals surface area contributed by atoms with Crippen molar-refractivity contribution in [2.45, 2.75) is 58.0 Å². The molecule has 4 rings (SSSR count). The molecular formula is C23H29N5O2. The molecule has 0 saturated heterocycles. The van der Waals surface area contributed by atoms with Crippen molar-refractivity contribution in [3.05, 3.63) is 41.7 Å². The van der Waals surface area contributed by atoms with E-state index < -0.39 is 5.60 Å². The van der Waals surface area contributed by atoms with Crippen molar-refractivity contribution in [2.24, 2.45) is 10.9 Å². The number of aliphatic imine (C=N–C) groups is 1. The van der Waals surface area contributed by atoms with Gasteiger partial charge in [0.15, 0.2) is 11.5 Å². The highest BCUT2D eigenvalue weighted by atomic mass is 16.5. The lowest BCUT2D eigenvalue weighted by atomic mass is 9.78. The minimum atomic E-state index is -0.614. The van der Waals surface area contributed by atoms with E-state index in [1.807, 2.05) is 13.8 Å². The van der Waals surface area contributed by atoms with E-state index in [1.54, 1.807) is 6.92 Å². The number of carbonyl (C=O) groups is 1. The van der Waals surface area contributed by atoms with E-state index in [1.165, 1.54) is 11.9 Å². The van der Waals surface area contributed by atoms with Crippen molar-refractivity contribution in [3.63, 3.8) is 0 Å². The summed E-state index contributed by atoms with van der Waals surface area (Å²) in [4.78, 5) is 24.1. The lowest BCUT2D eigenvalue weighted by Gasteiger charge is -2.32. The van der Waals surface area contributed by atoms with Crippen molar-refractivity contribution in [1.29, 1.82) is 0 Å². The van der Waals surface area contributed by atoms with E-state index in [9.17, 15) is 4.79 Å². The Bertz CT molecular complexity index is 960. The minimum absolute atomic E-state index is 0.0567. The van der Waals surface area contributed by atoms with Crippen molar-refractivity contribution in [2.75, 3.05) is 12.3 Å². The third-order valence-corrected chi connectivity index (χ3v) is 6.10. The fraction of sp³-hybridized carbons (Fsp3) is 0.478. The first kappa shape index (κ1) is 20.3. The van der Waals surface area contributed by atoms with Crippen LogP contribution in [0.3, 0.4) is 0 Å². The maximum atomic E-state index is 11.1. The predicted molar refractivity (Wildman–Crippen MR) is 117 cm³/mol. The molecule has 3 N–H and O–H groups in total. The molecule has 30 heavy (non-hydrogen) atoms. The number of benzene rings is 1. The minimum Gasteiger partial charge on any atom is -0.463 e. The van der Waals surface area contributed by atoms with Crippen LogP contribution in [0.15, 0.2) is 35.6 Å². The number of nitrogens with one attached hydrogen (secondary N) is 1. The Morgan fingerprint density at radius 3 is 2.53 bits per heavy atom. The van der Waals surface area contributed by atoms with Crippen molar-refractivity contribution in [1.82, 2.24) is 15.3 Å². The van der Waals surface area contributed by atoms with Gasteiger partial charge in [-0.1, -0.05) is 24.3 Å². The fourth-order valence-corrected chi connectivity index (χ4v) is 4.40. The van der Waals surface area contributed by atoms with Crippen LogP contribution in [0.1, 0.15) is 63.5 Å². The number of nitrogens with two attached hydrogens (primary N) is 1. The van der Waals surface area contributed by atoms with Crippen molar-refractivity contribution >= 4 is 23.1 Å². The number of anilines is 1. The Balaban J connectivity index is 1.49. The molecular weight excluding hydrogens is 378 g/mol. The summed E-state index contributed by atoms with van der Waals surface area (Å²) in [5.41, 5.74) is 9.05. The average molecular weight is 408 g/mol. The standard InChI is InChI=1S/C23H29N5O2/c1-14(29)25-12-15-4-6-16(7-5-15)17-8-10-18(11-9-17)20-23(2,3)30-22-19(28-20)21(24)26-13-27-22/h8-11,13,15-16H,4-7,12H2,1-3H3,(H,25,29)(H2,24,26,27)/t15-,16-. The largest absolute Gasteiger partial charge is 0.463 e. The first-order valence-electron chi connectivity index (χ1n) is 10.6. The smallest absolute Gasteiger partial charge is 0.246 e. The maximum Gasteiger partial charge on any atom is 0.246 e. The van der Waals surface area contributed by atoms with Crippen LogP contribution in [-0.2, 0) is 4.79 Å². The first-order chi connectivity index (χ1) is 14.3. The zero-order chi connectivity index (χ0) is 21.3. The molecule has 1 aliphatic carbocycles. The summed E-state index contributed by atoms with van der Waals surface area (Å²) in [5.74, 6) is 1.95. The molecule has 0 atom stereocenters. The van der Waals surface area contributed by atoms with Crippen molar-refractivity contribution < 1.29 is 9.53 Å². The number of nitrogen functional groups attached to an aromatic ring is 1. The number of rotatable bonds is 4. The van der Waals surface area contributed by atoms with Gasteiger partial charge in [-0.3, -0.25) is 4.79 Å². The van der Waals surface area contributed by atoms with Gasteiger partial charge in [0.2, 0.25) is 11.8 Å². The molecule has 1 aliphatic heterocycles. The zero-order valence-corrected chi connectivity index (χ0v) is 17.8. The lowest BCUT2D eigenvalue weighted by Crippen LogP contribution is -2.41. The van der Waals surface area contributed by atoms with Crippen LogP contribution in [0.25, 0.3) is 0 Å². The quantitative estimate of drug-likeness (QED) is 0.803. The fourth-order valence-electron chi connectivity index (χ4n) is 4.40. The molecule has 0 radical (unpaired) electrons. The number of hydrogen-bond acceptors (Lipinski definition) is 6. The molecule has 158 valence electrons. The second kappa shape index (κ2) is 8.05. The van der Waals surface area contributed by atoms with Crippen molar-refractivity contribution in [3.8, 4) is 5.88 Å². The lowest BCUT2D eigenvalue weighted by molar-refractivity contribution is -0.119. The molecule has 0 unspecified atom stereocenters. The molecule has 2 aromatic rings. The highest BCUT2D eigenvalue weighted by Crippen LogP contribution is 2.39. The Hall–Kier alpha value is -2.96. The van der Waals surface area contributed by atoms with Crippen LogP contribution in [0.5, 0.6) is 5.88 Å². The molecule has 1 aromatic carbocycles. The van der Waals surface area contributed by atoms with Gasteiger partial charge in [-0.2, -0.15) is 4.98 Å². The van der Waals surface area contributed by atoms with Crippen LogP contribution in [-0.4, -0.2) is 33.7 Å². The first-order valence-corrected chi connectivity index (χ1v) is 10.6. The number of carbonyl (C=O) groups excluding carboxylic acids is 1. The van der Waals surface area contributed by atoms with E-state index in [4.69, 9.17) is 15.5 Å². The van der Waals surface area contributed by atoms with E-state index in [-0.39, 0.29) is 5.91 Å². The van der Waals surface area contributed by atoms with E-state index in [0.717, 1.165) is 43.5 Å². The van der Waals surface area contributed by atoms with Gasteiger partial charge in [-0.25, -0.2) is 9.98 Å². The Morgan fingerprint density at radius 1 is 1.17 bits per heavy atom. The molecule has 1 amide bonds. The SMILES string of the molecule is CC(=O)NC[C@H]1CC[C@H](c2ccc(C3=Nc4c(N)ncnc4OC3(C)C)cc2)CC1. The highest BCUT2D eigenvalue weighted by molar-refractivity contribution is 6.09. The van der Waals surface area contributed by atoms with Crippen LogP contribution in [0.4, 0.5) is 11.5 Å². The number of fused-ring (bicyclic) bond motifs is 1. The van der Waals surface area contributed by atoms with Gasteiger partial charge in [0.1, 0.15) is 11.9 Å². The second-order valence-corrected chi connectivity index (χ2v) is 8.76. The number of hydrogen-bond donors (Lipinski definition) is 2. The molecule has 7 heteroatoms. The van der Waals surface area contributed by atoms with Crippen LogP contribution in [0.2, 0.25) is 0 Å². The summed E-state index contributed by atoms with van der Waals surface area (Å²) in [6.45, 7) is 6.34. The number of aromatic nitrogens is 2. The van der Waals surface area contributed by atoms with E-state index >= 15 is 0 Å². The predicted octanol–water partition coefficient (Wildman–Crippen LogP) is 3.76. The van der Waals surface area contributed by atoms with Crippen LogP contribution in [0, 0.1) is 5.92 Å². The molecule has 1 saturated carbocycles. The molecule has 2 heterocycles. The Morgan fingerprint density at radius 2 is 1.87 bits per heavy atom. The molecule has 0 bridgehead atoms. The number of amides is 1. The van der Waals surface area contributed by atoms with Gasteiger partial charge in [-0.05, 0) is 56.9 Å². The number of ether oxygens (including phenoxy) is 1. The summed E-state index contributed by atoms with van der Waals surface area (Å²) in [5, 5.41) is 2.95. The molecule has 0 spiro atoms. The monoisotopic (exact) mass is 407 g/mol. The van der Waals surface area contributed by atoms with Crippen LogP contribution >= 0.6 is 0 Å². The molecule has 1 aromatic heterocycles. The Labute approximate surface area is 177 Å². The summed E-state index contributed by atoms with van der Waals surface area (Å²) in [7, 11) is 0. The van der Waals surface area contributed by atoms with Gasteiger partial charge in [0, 0.05) is 19.0 Å². The van der Waals surface area contributed by atoms with E-state index in [2.05, 4.69) is 39.6 Å². The van der Waals surface area contributed by atoms with E-state index in [0.29, 0.717) is 29.2 Å². The zero-order valence-electron chi connectivity index (χ0n) is 17.8. The third-order valence-electron chi connectivity index (χ3n) is 6.10.